The van der Waals surface area contributed by atoms with Crippen LogP contribution in [0.5, 0.6) is 0 Å². The van der Waals surface area contributed by atoms with E-state index in [1.165, 1.54) is 0 Å². The average Bonchev–Trinajstić information content (AvgIpc) is 2.86. The summed E-state index contributed by atoms with van der Waals surface area (Å²) in [6.45, 7) is 0. The van der Waals surface area contributed by atoms with Gasteiger partial charge in [-0.05, 0) is 35.4 Å². The van der Waals surface area contributed by atoms with Gasteiger partial charge in [-0.15, -0.1) is 0 Å². The summed E-state index contributed by atoms with van der Waals surface area (Å²) in [6.07, 6.45) is 6.56. The number of benzene rings is 2. The highest BCUT2D eigenvalue weighted by Crippen LogP contribution is 2.59. The standard InChI is InChI=1S/C28H22N2O2/c31-27(21-11-15-29-16-12-21)25-23(19-7-3-1-4-8-19)26(24(25)20-9-5-2-6-10-20)28(32)22-13-17-30-18-14-22/h1-18,23-26H. The smallest absolute Gasteiger partial charge is 0.167 e. The molecule has 0 bridgehead atoms. The quantitative estimate of drug-likeness (QED) is 0.396. The maximum absolute atomic E-state index is 13.8. The second-order valence-corrected chi connectivity index (χ2v) is 8.12. The molecule has 32 heavy (non-hydrogen) atoms. The topological polar surface area (TPSA) is 59.9 Å². The highest BCUT2D eigenvalue weighted by molar-refractivity contribution is 6.05. The van der Waals surface area contributed by atoms with Gasteiger partial charge in [0.1, 0.15) is 0 Å². The summed E-state index contributed by atoms with van der Waals surface area (Å²) in [5.41, 5.74) is 3.28. The van der Waals surface area contributed by atoms with Gasteiger partial charge in [0.05, 0.1) is 0 Å². The van der Waals surface area contributed by atoms with Gasteiger partial charge in [0.25, 0.3) is 0 Å². The van der Waals surface area contributed by atoms with Crippen LogP contribution < -0.4 is 0 Å². The summed E-state index contributed by atoms with van der Waals surface area (Å²) in [7, 11) is 0. The van der Waals surface area contributed by atoms with Gasteiger partial charge in [-0.3, -0.25) is 19.6 Å². The minimum atomic E-state index is -0.335. The van der Waals surface area contributed by atoms with E-state index in [0.717, 1.165) is 11.1 Å². The van der Waals surface area contributed by atoms with Crippen LogP contribution in [0.1, 0.15) is 43.7 Å². The molecule has 2 heterocycles. The first-order valence-electron chi connectivity index (χ1n) is 10.7. The van der Waals surface area contributed by atoms with Crippen LogP contribution in [0, 0.1) is 11.8 Å². The van der Waals surface area contributed by atoms with Crippen LogP contribution in [0.2, 0.25) is 0 Å². The van der Waals surface area contributed by atoms with Crippen molar-refractivity contribution < 1.29 is 9.59 Å². The van der Waals surface area contributed by atoms with E-state index in [-0.39, 0.29) is 35.2 Å². The molecule has 156 valence electrons. The lowest BCUT2D eigenvalue weighted by Gasteiger charge is -2.51. The van der Waals surface area contributed by atoms with Gasteiger partial charge in [0, 0.05) is 59.6 Å². The summed E-state index contributed by atoms with van der Waals surface area (Å²) in [4.78, 5) is 35.6. The van der Waals surface area contributed by atoms with E-state index in [1.807, 2.05) is 60.7 Å². The molecule has 4 heteroatoms. The predicted molar refractivity (Wildman–Crippen MR) is 122 cm³/mol. The SMILES string of the molecule is O=C(c1ccncc1)C1C(c2ccccc2)C(C(=O)c2ccncc2)C1c1ccccc1. The maximum atomic E-state index is 13.8. The Labute approximate surface area is 187 Å². The van der Waals surface area contributed by atoms with Gasteiger partial charge < -0.3 is 0 Å². The van der Waals surface area contributed by atoms with Crippen LogP contribution in [0.25, 0.3) is 0 Å². The van der Waals surface area contributed by atoms with E-state index in [9.17, 15) is 9.59 Å². The van der Waals surface area contributed by atoms with Crippen molar-refractivity contribution in [1.29, 1.82) is 0 Å². The Morgan fingerprint density at radius 1 is 0.500 bits per heavy atom. The molecule has 0 radical (unpaired) electrons. The van der Waals surface area contributed by atoms with E-state index < -0.39 is 0 Å². The summed E-state index contributed by atoms with van der Waals surface area (Å²) >= 11 is 0. The van der Waals surface area contributed by atoms with Crippen molar-refractivity contribution >= 4 is 11.6 Å². The summed E-state index contributed by atoms with van der Waals surface area (Å²) in [5.74, 6) is -0.982. The fourth-order valence-corrected chi connectivity index (χ4v) is 5.00. The van der Waals surface area contributed by atoms with Crippen LogP contribution in [0.15, 0.2) is 110 Å². The van der Waals surface area contributed by atoms with Gasteiger partial charge in [-0.1, -0.05) is 60.7 Å². The largest absolute Gasteiger partial charge is 0.294 e. The molecule has 0 atom stereocenters. The lowest BCUT2D eigenvalue weighted by atomic mass is 9.49. The van der Waals surface area contributed by atoms with Gasteiger partial charge in [-0.25, -0.2) is 0 Å². The minimum Gasteiger partial charge on any atom is -0.294 e. The molecule has 2 aromatic carbocycles. The van der Waals surface area contributed by atoms with Gasteiger partial charge in [0.15, 0.2) is 11.6 Å². The van der Waals surface area contributed by atoms with Crippen molar-refractivity contribution in [2.75, 3.05) is 0 Å². The molecule has 4 nitrogen and oxygen atoms in total. The number of pyridine rings is 2. The molecule has 1 aliphatic carbocycles. The summed E-state index contributed by atoms with van der Waals surface area (Å²) < 4.78 is 0. The number of nitrogens with zero attached hydrogens (tertiary/aromatic N) is 2. The molecule has 1 saturated carbocycles. The highest BCUT2D eigenvalue weighted by Gasteiger charge is 2.57. The molecule has 0 aliphatic heterocycles. The second kappa shape index (κ2) is 8.67. The van der Waals surface area contributed by atoms with E-state index >= 15 is 0 Å². The third-order valence-corrected chi connectivity index (χ3v) is 6.45. The number of Topliss-reactive ketones (excluding diaryl/α,β-unsaturated/α-hetero) is 2. The molecule has 5 rings (SSSR count). The van der Waals surface area contributed by atoms with Gasteiger partial charge in [0.2, 0.25) is 0 Å². The molecule has 0 amide bonds. The summed E-state index contributed by atoms with van der Waals surface area (Å²) in [6, 6.07) is 26.9. The molecule has 1 fully saturated rings. The van der Waals surface area contributed by atoms with Crippen molar-refractivity contribution in [1.82, 2.24) is 9.97 Å². The number of hydrogen-bond acceptors (Lipinski definition) is 4. The van der Waals surface area contributed by atoms with Crippen molar-refractivity contribution in [2.45, 2.75) is 11.8 Å². The van der Waals surface area contributed by atoms with Crippen LogP contribution in [0.4, 0.5) is 0 Å². The van der Waals surface area contributed by atoms with E-state index in [0.29, 0.717) is 11.1 Å². The van der Waals surface area contributed by atoms with Gasteiger partial charge in [-0.2, -0.15) is 0 Å². The first kappa shape index (κ1) is 20.0. The highest BCUT2D eigenvalue weighted by atomic mass is 16.1. The Morgan fingerprint density at radius 3 is 1.19 bits per heavy atom. The van der Waals surface area contributed by atoms with Crippen molar-refractivity contribution in [3.8, 4) is 0 Å². The second-order valence-electron chi connectivity index (χ2n) is 8.12. The zero-order chi connectivity index (χ0) is 21.9. The molecule has 1 aliphatic rings. The monoisotopic (exact) mass is 418 g/mol. The Hall–Kier alpha value is -3.92. The number of aromatic nitrogens is 2. The fraction of sp³-hybridized carbons (Fsp3) is 0.143. The van der Waals surface area contributed by atoms with Crippen molar-refractivity contribution in [3.05, 3.63) is 132 Å². The third-order valence-electron chi connectivity index (χ3n) is 6.45. The molecule has 4 aromatic rings. The number of rotatable bonds is 6. The zero-order valence-corrected chi connectivity index (χ0v) is 17.4. The Bertz CT molecular complexity index is 1100. The lowest BCUT2D eigenvalue weighted by molar-refractivity contribution is 0.0489. The number of carbonyl (C=O) groups excluding carboxylic acids is 2. The Balaban J connectivity index is 1.64. The molecule has 0 saturated heterocycles. The van der Waals surface area contributed by atoms with Gasteiger partial charge >= 0.3 is 0 Å². The summed E-state index contributed by atoms with van der Waals surface area (Å²) in [5, 5.41) is 0. The first-order valence-corrected chi connectivity index (χ1v) is 10.7. The van der Waals surface area contributed by atoms with E-state index in [2.05, 4.69) is 9.97 Å². The number of hydrogen-bond donors (Lipinski definition) is 0. The maximum Gasteiger partial charge on any atom is 0.167 e. The number of ketones is 2. The van der Waals surface area contributed by atoms with Crippen molar-refractivity contribution in [3.63, 3.8) is 0 Å². The molecule has 0 unspecified atom stereocenters. The van der Waals surface area contributed by atoms with Crippen LogP contribution >= 0.6 is 0 Å². The molecular weight excluding hydrogens is 396 g/mol. The Kier molecular flexibility index (Phi) is 5.42. The molecular formula is C28H22N2O2. The fourth-order valence-electron chi connectivity index (χ4n) is 5.00. The van der Waals surface area contributed by atoms with Crippen molar-refractivity contribution in [2.24, 2.45) is 11.8 Å². The zero-order valence-electron chi connectivity index (χ0n) is 17.4. The third kappa shape index (κ3) is 3.54. The lowest BCUT2D eigenvalue weighted by Crippen LogP contribution is -2.51. The first-order chi connectivity index (χ1) is 15.8. The predicted octanol–water partition coefficient (Wildman–Crippen LogP) is 5.36. The van der Waals surface area contributed by atoms with Crippen LogP contribution in [-0.4, -0.2) is 21.5 Å². The average molecular weight is 418 g/mol. The molecule has 0 N–H and O–H groups in total. The number of carbonyl (C=O) groups is 2. The normalized spacial score (nSPS) is 22.0. The Morgan fingerprint density at radius 2 is 0.844 bits per heavy atom. The minimum absolute atomic E-state index is 0.0499. The van der Waals surface area contributed by atoms with E-state index in [4.69, 9.17) is 0 Å². The van der Waals surface area contributed by atoms with E-state index in [1.54, 1.807) is 49.1 Å². The van der Waals surface area contributed by atoms with Crippen LogP contribution in [0.3, 0.4) is 0 Å². The van der Waals surface area contributed by atoms with Crippen LogP contribution in [-0.2, 0) is 0 Å². The molecule has 0 spiro atoms. The molecule has 2 aromatic heterocycles.